The molecule has 124 valence electrons. The fraction of sp³-hybridized carbons (Fsp3) is 0.688. The maximum atomic E-state index is 12.5. The number of nitrogens with zero attached hydrogens (tertiary/aromatic N) is 2. The number of carbonyl (C=O) groups is 2. The van der Waals surface area contributed by atoms with Gasteiger partial charge in [0.2, 0.25) is 0 Å². The highest BCUT2D eigenvalue weighted by molar-refractivity contribution is 5.96. The third-order valence-electron chi connectivity index (χ3n) is 3.66. The van der Waals surface area contributed by atoms with Crippen molar-refractivity contribution in [3.8, 4) is 0 Å². The molecule has 0 radical (unpaired) electrons. The maximum absolute atomic E-state index is 12.5. The second-order valence-electron chi connectivity index (χ2n) is 6.82. The van der Waals surface area contributed by atoms with E-state index in [1.165, 1.54) is 7.11 Å². The summed E-state index contributed by atoms with van der Waals surface area (Å²) in [6, 6.07) is 1.76. The number of esters is 1. The Morgan fingerprint density at radius 2 is 1.91 bits per heavy atom. The lowest BCUT2D eigenvalue weighted by Crippen LogP contribution is -2.53. The van der Waals surface area contributed by atoms with Crippen LogP contribution >= 0.6 is 0 Å². The molecule has 1 unspecified atom stereocenters. The third kappa shape index (κ3) is 3.87. The molecule has 0 fully saturated rings. The first-order chi connectivity index (χ1) is 10.0. The summed E-state index contributed by atoms with van der Waals surface area (Å²) < 4.78 is 6.36. The van der Waals surface area contributed by atoms with Gasteiger partial charge in [-0.25, -0.2) is 4.79 Å². The van der Waals surface area contributed by atoms with Gasteiger partial charge in [-0.3, -0.25) is 9.48 Å². The average molecular weight is 309 g/mol. The minimum absolute atomic E-state index is 0.147. The van der Waals surface area contributed by atoms with E-state index in [-0.39, 0.29) is 11.3 Å². The number of methoxy groups -OCH3 is 1. The number of nitrogens with one attached hydrogen (secondary N) is 1. The van der Waals surface area contributed by atoms with Crippen LogP contribution in [-0.2, 0) is 22.0 Å². The number of aryl methyl sites for hydroxylation is 1. The van der Waals surface area contributed by atoms with Crippen molar-refractivity contribution in [2.24, 2.45) is 7.05 Å². The predicted octanol–water partition coefficient (Wildman–Crippen LogP) is 2.18. The van der Waals surface area contributed by atoms with Crippen molar-refractivity contribution in [2.45, 2.75) is 58.4 Å². The molecule has 0 saturated carbocycles. The van der Waals surface area contributed by atoms with E-state index in [1.807, 2.05) is 27.7 Å². The molecule has 6 nitrogen and oxygen atoms in total. The van der Waals surface area contributed by atoms with Crippen LogP contribution in [0.3, 0.4) is 0 Å². The topological polar surface area (TPSA) is 73.2 Å². The Labute approximate surface area is 132 Å². The van der Waals surface area contributed by atoms with Gasteiger partial charge < -0.3 is 10.1 Å². The van der Waals surface area contributed by atoms with E-state index in [4.69, 9.17) is 4.74 Å². The van der Waals surface area contributed by atoms with E-state index in [1.54, 1.807) is 24.7 Å². The van der Waals surface area contributed by atoms with Gasteiger partial charge in [-0.15, -0.1) is 0 Å². The number of ether oxygens (including phenoxy) is 1. The van der Waals surface area contributed by atoms with Crippen LogP contribution in [0.5, 0.6) is 0 Å². The van der Waals surface area contributed by atoms with Crippen molar-refractivity contribution in [1.29, 1.82) is 0 Å². The Bertz CT molecular complexity index is 557. The van der Waals surface area contributed by atoms with Crippen LogP contribution in [0.4, 0.5) is 0 Å². The molecule has 1 heterocycles. The molecule has 0 aliphatic heterocycles. The highest BCUT2D eigenvalue weighted by Crippen LogP contribution is 2.22. The quantitative estimate of drug-likeness (QED) is 0.846. The van der Waals surface area contributed by atoms with E-state index in [0.29, 0.717) is 12.1 Å². The molecule has 1 amide bonds. The van der Waals surface area contributed by atoms with Crippen molar-refractivity contribution in [3.63, 3.8) is 0 Å². The smallest absolute Gasteiger partial charge is 0.331 e. The Balaban J connectivity index is 3.06. The van der Waals surface area contributed by atoms with Crippen molar-refractivity contribution < 1.29 is 14.3 Å². The standard InChI is InChI=1S/C16H27N3O3/c1-8-9-16(5,14(21)22-7)17-13(20)11-10-12(15(2,3)4)18-19(11)6/h10H,8-9H2,1-7H3,(H,17,20). The molecular weight excluding hydrogens is 282 g/mol. The van der Waals surface area contributed by atoms with E-state index in [9.17, 15) is 9.59 Å². The molecule has 1 atom stereocenters. The van der Waals surface area contributed by atoms with Crippen LogP contribution in [0.2, 0.25) is 0 Å². The average Bonchev–Trinajstić information content (AvgIpc) is 2.80. The number of hydrogen-bond acceptors (Lipinski definition) is 4. The van der Waals surface area contributed by atoms with Gasteiger partial charge in [0, 0.05) is 12.5 Å². The molecule has 1 aromatic heterocycles. The van der Waals surface area contributed by atoms with Crippen LogP contribution in [0.15, 0.2) is 6.07 Å². The summed E-state index contributed by atoms with van der Waals surface area (Å²) in [4.78, 5) is 24.5. The van der Waals surface area contributed by atoms with Gasteiger partial charge in [0.15, 0.2) is 0 Å². The molecule has 6 heteroatoms. The van der Waals surface area contributed by atoms with Crippen molar-refractivity contribution in [1.82, 2.24) is 15.1 Å². The van der Waals surface area contributed by atoms with E-state index >= 15 is 0 Å². The minimum Gasteiger partial charge on any atom is -0.467 e. The molecule has 1 rings (SSSR count). The molecule has 22 heavy (non-hydrogen) atoms. The first-order valence-corrected chi connectivity index (χ1v) is 7.50. The Hall–Kier alpha value is -1.85. The number of carbonyl (C=O) groups excluding carboxylic acids is 2. The Kier molecular flexibility index (Phi) is 5.38. The van der Waals surface area contributed by atoms with Crippen molar-refractivity contribution in [3.05, 3.63) is 17.5 Å². The van der Waals surface area contributed by atoms with Crippen molar-refractivity contribution in [2.75, 3.05) is 7.11 Å². The summed E-state index contributed by atoms with van der Waals surface area (Å²) in [5.41, 5.74) is 0.0737. The molecule has 0 bridgehead atoms. The van der Waals surface area contributed by atoms with Crippen LogP contribution in [0.1, 0.15) is 63.6 Å². The van der Waals surface area contributed by atoms with Crippen LogP contribution in [-0.4, -0.2) is 34.3 Å². The summed E-state index contributed by atoms with van der Waals surface area (Å²) in [7, 11) is 3.05. The molecule has 0 aromatic carbocycles. The van der Waals surface area contributed by atoms with Gasteiger partial charge in [0.25, 0.3) is 5.91 Å². The minimum atomic E-state index is -1.03. The normalized spacial score (nSPS) is 14.3. The lowest BCUT2D eigenvalue weighted by atomic mass is 9.92. The third-order valence-corrected chi connectivity index (χ3v) is 3.66. The van der Waals surface area contributed by atoms with Gasteiger partial charge in [0.05, 0.1) is 12.8 Å². The van der Waals surface area contributed by atoms with Gasteiger partial charge in [-0.05, 0) is 19.4 Å². The second-order valence-corrected chi connectivity index (χ2v) is 6.82. The molecule has 0 aliphatic carbocycles. The SMILES string of the molecule is CCCC(C)(NC(=O)c1cc(C(C)(C)C)nn1C)C(=O)OC. The summed E-state index contributed by atoms with van der Waals surface area (Å²) in [5.74, 6) is -0.771. The van der Waals surface area contributed by atoms with Gasteiger partial charge in [0.1, 0.15) is 11.2 Å². The zero-order chi connectivity index (χ0) is 17.1. The summed E-state index contributed by atoms with van der Waals surface area (Å²) in [5, 5.41) is 7.18. The lowest BCUT2D eigenvalue weighted by Gasteiger charge is -2.27. The Morgan fingerprint density at radius 3 is 2.32 bits per heavy atom. The fourth-order valence-electron chi connectivity index (χ4n) is 2.30. The molecule has 0 spiro atoms. The lowest BCUT2D eigenvalue weighted by molar-refractivity contribution is -0.147. The predicted molar refractivity (Wildman–Crippen MR) is 84.7 cm³/mol. The van der Waals surface area contributed by atoms with E-state index in [0.717, 1.165) is 12.1 Å². The largest absolute Gasteiger partial charge is 0.467 e. The zero-order valence-corrected chi connectivity index (χ0v) is 14.6. The molecule has 0 aliphatic rings. The first kappa shape index (κ1) is 18.2. The molecule has 1 aromatic rings. The van der Waals surface area contributed by atoms with E-state index in [2.05, 4.69) is 10.4 Å². The summed E-state index contributed by atoms with van der Waals surface area (Å²) >= 11 is 0. The maximum Gasteiger partial charge on any atom is 0.331 e. The van der Waals surface area contributed by atoms with Gasteiger partial charge in [-0.2, -0.15) is 5.10 Å². The van der Waals surface area contributed by atoms with Crippen LogP contribution in [0, 0.1) is 0 Å². The molecule has 0 saturated heterocycles. The highest BCUT2D eigenvalue weighted by atomic mass is 16.5. The fourth-order valence-corrected chi connectivity index (χ4v) is 2.30. The number of amides is 1. The van der Waals surface area contributed by atoms with Crippen LogP contribution in [0.25, 0.3) is 0 Å². The Morgan fingerprint density at radius 1 is 1.32 bits per heavy atom. The summed E-state index contributed by atoms with van der Waals surface area (Å²) in [6.07, 6.45) is 1.26. The van der Waals surface area contributed by atoms with Crippen molar-refractivity contribution >= 4 is 11.9 Å². The number of aromatic nitrogens is 2. The second kappa shape index (κ2) is 6.50. The number of rotatable bonds is 5. The molecule has 1 N–H and O–H groups in total. The zero-order valence-electron chi connectivity index (χ0n) is 14.6. The van der Waals surface area contributed by atoms with Gasteiger partial charge >= 0.3 is 5.97 Å². The van der Waals surface area contributed by atoms with E-state index < -0.39 is 11.5 Å². The summed E-state index contributed by atoms with van der Waals surface area (Å²) in [6.45, 7) is 9.74. The first-order valence-electron chi connectivity index (χ1n) is 7.50. The monoisotopic (exact) mass is 309 g/mol. The molecular formula is C16H27N3O3. The highest BCUT2D eigenvalue weighted by Gasteiger charge is 2.36. The van der Waals surface area contributed by atoms with Gasteiger partial charge in [-0.1, -0.05) is 34.1 Å². The number of hydrogen-bond donors (Lipinski definition) is 1. The van der Waals surface area contributed by atoms with Crippen LogP contribution < -0.4 is 5.32 Å².